The number of unbranched alkanes of at least 4 members (excludes halogenated alkanes) is 11. The monoisotopic (exact) mass is 933 g/mol. The average molecular weight is 933 g/mol. The number of carbonyl (C=O) groups is 1. The highest BCUT2D eigenvalue weighted by Crippen LogP contribution is 2.62. The normalized spacial score (nSPS) is 25.0. The first-order valence-corrected chi connectivity index (χ1v) is 26.5. The van der Waals surface area contributed by atoms with E-state index in [2.05, 4.69) is 37.8 Å². The van der Waals surface area contributed by atoms with Gasteiger partial charge in [-0.05, 0) is 92.7 Å². The first kappa shape index (κ1) is 51.8. The van der Waals surface area contributed by atoms with Gasteiger partial charge in [-0.15, -0.1) is 18.3 Å². The molecule has 2 aliphatic carbocycles. The molecule has 6 rings (SSSR count). The van der Waals surface area contributed by atoms with Gasteiger partial charge in [-0.3, -0.25) is 0 Å². The molecule has 2 fully saturated rings. The molecule has 366 valence electrons. The lowest BCUT2D eigenvalue weighted by Crippen LogP contribution is -2.69. The zero-order valence-corrected chi connectivity index (χ0v) is 40.9. The summed E-state index contributed by atoms with van der Waals surface area (Å²) in [6.45, 7) is 8.24. The summed E-state index contributed by atoms with van der Waals surface area (Å²) in [5.74, 6) is 0.581. The number of hydrogen-bond acceptors (Lipinski definition) is 11. The van der Waals surface area contributed by atoms with E-state index in [1.165, 1.54) is 49.8 Å². The van der Waals surface area contributed by atoms with E-state index < -0.39 is 30.1 Å². The summed E-state index contributed by atoms with van der Waals surface area (Å²) in [6.07, 6.45) is 23.1. The Balaban J connectivity index is 1.34. The van der Waals surface area contributed by atoms with Crippen molar-refractivity contribution in [2.45, 2.75) is 164 Å². The van der Waals surface area contributed by atoms with Crippen LogP contribution in [-0.2, 0) is 19.0 Å². The Morgan fingerprint density at radius 3 is 2.38 bits per heavy atom. The van der Waals surface area contributed by atoms with Gasteiger partial charge in [-0.25, -0.2) is 4.79 Å². The zero-order valence-electron chi connectivity index (χ0n) is 40.1. The second-order valence-corrected chi connectivity index (χ2v) is 19.8. The number of aliphatic hydroxyl groups excluding tert-OH is 2. The fourth-order valence-electron chi connectivity index (χ4n) is 10.5. The molecule has 1 amide bonds. The molecule has 1 saturated heterocycles. The number of nitrogens with zero attached hydrogens (tertiary/aromatic N) is 2. The molecule has 7 atom stereocenters. The van der Waals surface area contributed by atoms with Gasteiger partial charge >= 0.3 is 6.09 Å². The summed E-state index contributed by atoms with van der Waals surface area (Å²) in [5, 5.41) is 24.9. The van der Waals surface area contributed by atoms with Crippen LogP contribution in [0, 0.1) is 17.8 Å². The third-order valence-corrected chi connectivity index (χ3v) is 14.9. The number of likely N-dealkylation sites (N-methyl/N-ethyl adjacent to an activating group) is 1. The summed E-state index contributed by atoms with van der Waals surface area (Å²) in [7, 11) is 1.79. The summed E-state index contributed by atoms with van der Waals surface area (Å²) in [6, 6.07) is 15.8. The molecule has 2 aliphatic heterocycles. The highest BCUT2D eigenvalue weighted by atomic mass is 32.2. The summed E-state index contributed by atoms with van der Waals surface area (Å²) in [5.41, 5.74) is 2.77. The Kier molecular flexibility index (Phi) is 22.0. The van der Waals surface area contributed by atoms with Crippen LogP contribution in [0.5, 0.6) is 11.5 Å². The standard InChI is InChI=1S/C54H80N2O9S/c1-4-6-7-8-9-10-11-12-13-22-35-62-53(59)56(3)49-40-47(55-65-50-28-19-23-34-61-50)45-38-41(24-17-20-31-57)44(27-18-21-32-58)51-46-39-42(60-36-37-66-43-25-15-14-16-26-43)29-30-48(46)64-54(49,52(45)51)63-33-5-2/h5,14-16,25-26,29-30,38-39,41,44,49-52,57-58H,2,4,6-13,17-24,27-28,31-37,40H2,1,3H3/t41-,44+,49-,50?,51+,52+,54+/m0/s1. The lowest BCUT2D eigenvalue weighted by molar-refractivity contribution is -0.254. The molecule has 11 nitrogen and oxygen atoms in total. The van der Waals surface area contributed by atoms with E-state index in [4.69, 9.17) is 33.7 Å². The van der Waals surface area contributed by atoms with Gasteiger partial charge in [0.15, 0.2) is 0 Å². The van der Waals surface area contributed by atoms with Crippen molar-refractivity contribution in [2.75, 3.05) is 52.4 Å². The fourth-order valence-corrected chi connectivity index (χ4v) is 11.3. The number of thioether (sulfide) groups is 1. The number of oxime groups is 1. The molecule has 2 aromatic rings. The Morgan fingerprint density at radius 2 is 1.67 bits per heavy atom. The van der Waals surface area contributed by atoms with Crippen LogP contribution < -0.4 is 9.47 Å². The molecule has 0 spiro atoms. The number of fused-ring (bicyclic) bond motifs is 2. The molecular weight excluding hydrogens is 853 g/mol. The Morgan fingerprint density at radius 1 is 0.924 bits per heavy atom. The number of aliphatic hydroxyl groups is 2. The van der Waals surface area contributed by atoms with Crippen LogP contribution in [0.15, 0.2) is 82.9 Å². The number of hydrogen-bond donors (Lipinski definition) is 2. The highest BCUT2D eigenvalue weighted by molar-refractivity contribution is 7.99. The number of allylic oxidation sites excluding steroid dienone is 1. The molecule has 4 aliphatic rings. The summed E-state index contributed by atoms with van der Waals surface area (Å²) in [4.78, 5) is 23.4. The van der Waals surface area contributed by atoms with E-state index in [0.29, 0.717) is 44.8 Å². The van der Waals surface area contributed by atoms with Crippen molar-refractivity contribution < 1.29 is 43.5 Å². The third-order valence-electron chi connectivity index (χ3n) is 13.9. The largest absolute Gasteiger partial charge is 0.493 e. The zero-order chi connectivity index (χ0) is 46.4. The van der Waals surface area contributed by atoms with Gasteiger partial charge in [0.25, 0.3) is 0 Å². The molecular formula is C54H80N2O9S. The smallest absolute Gasteiger partial charge is 0.409 e. The van der Waals surface area contributed by atoms with Crippen molar-refractivity contribution in [3.8, 4) is 11.5 Å². The van der Waals surface area contributed by atoms with Gasteiger partial charge < -0.3 is 43.6 Å². The van der Waals surface area contributed by atoms with Crippen molar-refractivity contribution in [3.63, 3.8) is 0 Å². The highest BCUT2D eigenvalue weighted by Gasteiger charge is 2.65. The second-order valence-electron chi connectivity index (χ2n) is 18.6. The topological polar surface area (TPSA) is 129 Å². The van der Waals surface area contributed by atoms with Gasteiger partial charge in [0.1, 0.15) is 17.5 Å². The number of rotatable bonds is 30. The number of amides is 1. The van der Waals surface area contributed by atoms with Crippen molar-refractivity contribution in [3.05, 3.63) is 78.4 Å². The lowest BCUT2D eigenvalue weighted by atomic mass is 9.55. The van der Waals surface area contributed by atoms with Crippen molar-refractivity contribution >= 4 is 23.6 Å². The molecule has 1 saturated carbocycles. The van der Waals surface area contributed by atoms with Crippen LogP contribution in [0.3, 0.4) is 0 Å². The van der Waals surface area contributed by atoms with E-state index in [1.54, 1.807) is 29.8 Å². The molecule has 66 heavy (non-hydrogen) atoms. The van der Waals surface area contributed by atoms with Gasteiger partial charge in [0.05, 0.1) is 38.1 Å². The predicted octanol–water partition coefficient (Wildman–Crippen LogP) is 12.0. The van der Waals surface area contributed by atoms with Crippen molar-refractivity contribution in [2.24, 2.45) is 22.9 Å². The molecule has 2 aromatic carbocycles. The van der Waals surface area contributed by atoms with Crippen LogP contribution >= 0.6 is 11.8 Å². The Labute approximate surface area is 400 Å². The lowest BCUT2D eigenvalue weighted by Gasteiger charge is -2.59. The van der Waals surface area contributed by atoms with Crippen LogP contribution in [0.1, 0.15) is 147 Å². The van der Waals surface area contributed by atoms with Crippen LogP contribution in [0.2, 0.25) is 0 Å². The third kappa shape index (κ3) is 14.2. The first-order chi connectivity index (χ1) is 32.4. The van der Waals surface area contributed by atoms with E-state index >= 15 is 0 Å². The summed E-state index contributed by atoms with van der Waals surface area (Å²) < 4.78 is 32.9. The Bertz CT molecular complexity index is 1800. The van der Waals surface area contributed by atoms with E-state index in [1.807, 2.05) is 30.3 Å². The molecule has 2 N–H and O–H groups in total. The van der Waals surface area contributed by atoms with E-state index in [9.17, 15) is 15.0 Å². The van der Waals surface area contributed by atoms with Crippen LogP contribution in [0.25, 0.3) is 0 Å². The van der Waals surface area contributed by atoms with E-state index in [0.717, 1.165) is 92.6 Å². The van der Waals surface area contributed by atoms with Crippen molar-refractivity contribution in [1.29, 1.82) is 0 Å². The van der Waals surface area contributed by atoms with Gasteiger partial charge in [-0.2, -0.15) is 0 Å². The predicted molar refractivity (Wildman–Crippen MR) is 263 cm³/mol. The minimum absolute atomic E-state index is 0.110. The fraction of sp³-hybridized carbons (Fsp3) is 0.667. The quantitative estimate of drug-likeness (QED) is 0.0338. The molecule has 2 heterocycles. The molecule has 0 aromatic heterocycles. The van der Waals surface area contributed by atoms with Gasteiger partial charge in [-0.1, -0.05) is 113 Å². The minimum Gasteiger partial charge on any atom is -0.493 e. The molecule has 1 unspecified atom stereocenters. The Hall–Kier alpha value is -3.55. The maximum Gasteiger partial charge on any atom is 0.409 e. The van der Waals surface area contributed by atoms with Crippen LogP contribution in [-0.4, -0.2) is 97.5 Å². The average Bonchev–Trinajstić information content (AvgIpc) is 3.34. The number of carbonyl (C=O) groups excluding carboxylic acids is 1. The minimum atomic E-state index is -1.34. The van der Waals surface area contributed by atoms with Gasteiger partial charge in [0, 0.05) is 55.2 Å². The molecule has 12 heteroatoms. The number of ether oxygens (including phenoxy) is 5. The van der Waals surface area contributed by atoms with Crippen LogP contribution in [0.4, 0.5) is 4.79 Å². The second kappa shape index (κ2) is 28.1. The maximum absolute atomic E-state index is 14.3. The number of benzene rings is 2. The van der Waals surface area contributed by atoms with Crippen molar-refractivity contribution in [1.82, 2.24) is 4.90 Å². The van der Waals surface area contributed by atoms with Gasteiger partial charge in [0.2, 0.25) is 12.1 Å². The molecule has 0 bridgehead atoms. The maximum atomic E-state index is 14.3. The first-order valence-electron chi connectivity index (χ1n) is 25.5. The molecule has 0 radical (unpaired) electrons. The summed E-state index contributed by atoms with van der Waals surface area (Å²) >= 11 is 1.76. The SMILES string of the molecule is C=CCO[C@@]12Oc3ccc(OCCSc4ccccc4)cc3[C@H]3[C@H](CCCCO)[C@@H](CCCCO)C=C(C(=NOC4CCCCO4)C[C@@H]1N(C)C(=O)OCCCCCCCCCCCC)[C@H]32. The van der Waals surface area contributed by atoms with E-state index in [-0.39, 0.29) is 37.6 Å².